The number of rotatable bonds is 3. The van der Waals surface area contributed by atoms with Crippen molar-refractivity contribution in [2.45, 2.75) is 124 Å². The number of aliphatic imine (C=N–C) groups is 1. The second-order valence-electron chi connectivity index (χ2n) is 15.0. The van der Waals surface area contributed by atoms with Gasteiger partial charge >= 0.3 is 5.97 Å². The van der Waals surface area contributed by atoms with Gasteiger partial charge in [-0.2, -0.15) is 4.99 Å². The summed E-state index contributed by atoms with van der Waals surface area (Å²) in [6.45, 7) is 20.7. The topological polar surface area (TPSA) is 55.7 Å². The monoisotopic (exact) mass is 495 g/mol. The molecule has 0 radical (unpaired) electrons. The van der Waals surface area contributed by atoms with E-state index in [1.165, 1.54) is 31.3 Å². The number of allylic oxidation sites excluding steroid dienone is 1. The van der Waals surface area contributed by atoms with Crippen LogP contribution >= 0.6 is 0 Å². The molecule has 10 atom stereocenters. The SMILES string of the molecule is C=C(C)[C@@H]1CCC2(N=C=O)CC[C@]3(C)[C@H](CC[C@@H]4[C@@]5(C)CC[C@H](OC(C)=O)C(C)(C)[C@@H]5CC[C@]43C)[C@@H]12. The molecule has 36 heavy (non-hydrogen) atoms. The molecule has 5 fully saturated rings. The Hall–Kier alpha value is -1.41. The molecule has 0 aromatic carbocycles. The maximum atomic E-state index is 11.9. The molecule has 0 N–H and O–H groups in total. The summed E-state index contributed by atoms with van der Waals surface area (Å²) in [5, 5.41) is 0. The highest BCUT2D eigenvalue weighted by molar-refractivity contribution is 5.66. The Labute approximate surface area is 219 Å². The van der Waals surface area contributed by atoms with E-state index in [0.29, 0.717) is 29.6 Å². The number of hydrogen-bond acceptors (Lipinski definition) is 4. The minimum atomic E-state index is -0.218. The van der Waals surface area contributed by atoms with E-state index in [9.17, 15) is 9.59 Å². The van der Waals surface area contributed by atoms with E-state index < -0.39 is 0 Å². The highest BCUT2D eigenvalue weighted by Crippen LogP contribution is 2.76. The average molecular weight is 496 g/mol. The van der Waals surface area contributed by atoms with Gasteiger partial charge < -0.3 is 4.74 Å². The molecule has 5 saturated carbocycles. The number of esters is 1. The summed E-state index contributed by atoms with van der Waals surface area (Å²) in [6.07, 6.45) is 13.4. The number of fused-ring (bicyclic) bond motifs is 7. The first-order valence-corrected chi connectivity index (χ1v) is 14.7. The van der Waals surface area contributed by atoms with E-state index in [4.69, 9.17) is 4.74 Å². The summed E-state index contributed by atoms with van der Waals surface area (Å²) in [5.41, 5.74) is 1.83. The van der Waals surface area contributed by atoms with Crippen molar-refractivity contribution in [1.82, 2.24) is 0 Å². The number of carbonyl (C=O) groups is 1. The molecule has 0 aromatic rings. The van der Waals surface area contributed by atoms with Crippen LogP contribution in [0.1, 0.15) is 113 Å². The zero-order chi connectivity index (χ0) is 26.3. The Balaban J connectivity index is 1.52. The maximum Gasteiger partial charge on any atom is 0.302 e. The van der Waals surface area contributed by atoms with Crippen molar-refractivity contribution in [2.24, 2.45) is 56.2 Å². The lowest BCUT2D eigenvalue weighted by Gasteiger charge is -2.72. The largest absolute Gasteiger partial charge is 0.462 e. The first-order chi connectivity index (χ1) is 16.8. The first kappa shape index (κ1) is 26.2. The van der Waals surface area contributed by atoms with Crippen molar-refractivity contribution in [2.75, 3.05) is 0 Å². The summed E-state index contributed by atoms with van der Waals surface area (Å²) in [7, 11) is 0. The van der Waals surface area contributed by atoms with Crippen molar-refractivity contribution in [3.8, 4) is 0 Å². The lowest BCUT2D eigenvalue weighted by atomic mass is 9.32. The van der Waals surface area contributed by atoms with E-state index in [2.05, 4.69) is 53.1 Å². The molecule has 4 nitrogen and oxygen atoms in total. The molecule has 0 heterocycles. The molecule has 1 unspecified atom stereocenters. The minimum Gasteiger partial charge on any atom is -0.462 e. The van der Waals surface area contributed by atoms with Gasteiger partial charge in [0.05, 0.1) is 5.54 Å². The molecule has 0 bridgehead atoms. The molecule has 5 aliphatic rings. The third kappa shape index (κ3) is 3.28. The zero-order valence-corrected chi connectivity index (χ0v) is 23.9. The molecule has 5 aliphatic carbocycles. The lowest BCUT2D eigenvalue weighted by molar-refractivity contribution is -0.244. The number of hydrogen-bond donors (Lipinski definition) is 0. The summed E-state index contributed by atoms with van der Waals surface area (Å²) < 4.78 is 5.89. The van der Waals surface area contributed by atoms with Gasteiger partial charge in [-0.3, -0.25) is 4.79 Å². The van der Waals surface area contributed by atoms with Gasteiger partial charge in [-0.15, -0.1) is 0 Å². The average Bonchev–Trinajstić information content (AvgIpc) is 3.16. The number of carbonyl (C=O) groups excluding carboxylic acids is 2. The molecule has 0 aromatic heterocycles. The number of ether oxygens (including phenoxy) is 1. The summed E-state index contributed by atoms with van der Waals surface area (Å²) in [5.74, 6) is 2.58. The van der Waals surface area contributed by atoms with Gasteiger partial charge in [-0.05, 0) is 117 Å². The molecule has 0 spiro atoms. The van der Waals surface area contributed by atoms with Gasteiger partial charge in [0.15, 0.2) is 0 Å². The van der Waals surface area contributed by atoms with Crippen molar-refractivity contribution in [3.63, 3.8) is 0 Å². The van der Waals surface area contributed by atoms with E-state index in [-0.39, 0.29) is 39.3 Å². The van der Waals surface area contributed by atoms with Crippen LogP contribution in [0.25, 0.3) is 0 Å². The Bertz CT molecular complexity index is 995. The third-order valence-electron chi connectivity index (χ3n) is 13.5. The highest BCUT2D eigenvalue weighted by atomic mass is 16.5. The van der Waals surface area contributed by atoms with Crippen LogP contribution < -0.4 is 0 Å². The molecule has 4 heteroatoms. The van der Waals surface area contributed by atoms with Gasteiger partial charge in [0.2, 0.25) is 6.08 Å². The van der Waals surface area contributed by atoms with Gasteiger partial charge in [-0.1, -0.05) is 46.8 Å². The fraction of sp³-hybridized carbons (Fsp3) is 0.875. The first-order valence-electron chi connectivity index (χ1n) is 14.7. The van der Waals surface area contributed by atoms with Crippen LogP contribution in [0.2, 0.25) is 0 Å². The zero-order valence-electron chi connectivity index (χ0n) is 23.9. The summed E-state index contributed by atoms with van der Waals surface area (Å²) in [6, 6.07) is 0. The van der Waals surface area contributed by atoms with Crippen LogP contribution in [-0.4, -0.2) is 23.7 Å². The van der Waals surface area contributed by atoms with Crippen LogP contribution in [0.3, 0.4) is 0 Å². The maximum absolute atomic E-state index is 11.9. The fourth-order valence-electron chi connectivity index (χ4n) is 11.8. The number of nitrogens with zero attached hydrogens (tertiary/aromatic N) is 1. The molecular weight excluding hydrogens is 446 g/mol. The van der Waals surface area contributed by atoms with Crippen LogP contribution in [-0.2, 0) is 14.3 Å². The molecule has 200 valence electrons. The second kappa shape index (κ2) is 8.29. The number of isocyanates is 1. The van der Waals surface area contributed by atoms with Crippen LogP contribution in [0.4, 0.5) is 0 Å². The molecule has 0 aliphatic heterocycles. The normalized spacial score (nSPS) is 51.0. The van der Waals surface area contributed by atoms with E-state index in [0.717, 1.165) is 38.5 Å². The van der Waals surface area contributed by atoms with Gasteiger partial charge in [0.25, 0.3) is 0 Å². The van der Waals surface area contributed by atoms with Crippen molar-refractivity contribution < 1.29 is 14.3 Å². The smallest absolute Gasteiger partial charge is 0.302 e. The third-order valence-corrected chi connectivity index (χ3v) is 13.5. The van der Waals surface area contributed by atoms with Crippen molar-refractivity contribution in [3.05, 3.63) is 12.2 Å². The van der Waals surface area contributed by atoms with E-state index in [1.54, 1.807) is 6.92 Å². The van der Waals surface area contributed by atoms with E-state index in [1.807, 2.05) is 6.08 Å². The minimum absolute atomic E-state index is 0.00531. The summed E-state index contributed by atoms with van der Waals surface area (Å²) in [4.78, 5) is 28.1. The molecular formula is C32H49NO3. The quantitative estimate of drug-likeness (QED) is 0.175. The van der Waals surface area contributed by atoms with Crippen LogP contribution in [0.15, 0.2) is 17.1 Å². The molecule has 0 amide bonds. The molecule has 0 saturated heterocycles. The predicted molar refractivity (Wildman–Crippen MR) is 143 cm³/mol. The van der Waals surface area contributed by atoms with Crippen molar-refractivity contribution >= 4 is 12.0 Å². The van der Waals surface area contributed by atoms with Gasteiger partial charge in [-0.25, -0.2) is 4.79 Å². The Morgan fingerprint density at radius 1 is 0.861 bits per heavy atom. The highest BCUT2D eigenvalue weighted by Gasteiger charge is 2.71. The Morgan fingerprint density at radius 3 is 2.22 bits per heavy atom. The summed E-state index contributed by atoms with van der Waals surface area (Å²) >= 11 is 0. The van der Waals surface area contributed by atoms with Crippen LogP contribution in [0, 0.1) is 51.2 Å². The Morgan fingerprint density at radius 2 is 1.58 bits per heavy atom. The predicted octanol–water partition coefficient (Wildman–Crippen LogP) is 7.66. The van der Waals surface area contributed by atoms with E-state index >= 15 is 0 Å². The van der Waals surface area contributed by atoms with Gasteiger partial charge in [0.1, 0.15) is 6.10 Å². The molecule has 5 rings (SSSR count). The lowest BCUT2D eigenvalue weighted by Crippen LogP contribution is -2.67. The van der Waals surface area contributed by atoms with Gasteiger partial charge in [0, 0.05) is 12.3 Å². The van der Waals surface area contributed by atoms with Crippen molar-refractivity contribution in [1.29, 1.82) is 0 Å². The fourth-order valence-corrected chi connectivity index (χ4v) is 11.8. The standard InChI is InChI=1S/C32H49NO3/c1-20(2)22-11-16-32(33-19-34)18-17-30(7)23(27(22)32)9-10-25-29(6)14-13-26(36-21(3)35)28(4,5)24(29)12-15-31(25,30)8/h22-27H,1,9-18H2,2-8H3/t22-,23+,24-,25+,26-,27+,29-,30+,31+,32?/m0/s1. The Kier molecular flexibility index (Phi) is 6.04. The van der Waals surface area contributed by atoms with Crippen LogP contribution in [0.5, 0.6) is 0 Å². The second-order valence-corrected chi connectivity index (χ2v) is 15.0.